The zero-order chi connectivity index (χ0) is 25.7. The zero-order valence-electron chi connectivity index (χ0n) is 21.3. The molecule has 1 aliphatic carbocycles. The van der Waals surface area contributed by atoms with Gasteiger partial charge in [-0.15, -0.1) is 0 Å². The maximum absolute atomic E-state index is 6.55. The van der Waals surface area contributed by atoms with Crippen LogP contribution in [0, 0.1) is 0 Å². The number of nitrogens with two attached hydrogens (primary N) is 2. The molecule has 3 heterocycles. The third-order valence-corrected chi connectivity index (χ3v) is 7.99. The fraction of sp³-hybridized carbons (Fsp3) is 0.462. The summed E-state index contributed by atoms with van der Waals surface area (Å²) in [6.45, 7) is 8.19. The van der Waals surface area contributed by atoms with E-state index < -0.39 is 18.3 Å². The van der Waals surface area contributed by atoms with Crippen LogP contribution >= 0.6 is 11.6 Å². The van der Waals surface area contributed by atoms with Gasteiger partial charge in [-0.2, -0.15) is 5.10 Å². The summed E-state index contributed by atoms with van der Waals surface area (Å²) >= 11 is 6.34. The Balaban J connectivity index is 1.57. The van der Waals surface area contributed by atoms with Crippen molar-refractivity contribution < 1.29 is 9.31 Å². The monoisotopic (exact) mass is 508 g/mol. The Kier molecular flexibility index (Phi) is 6.53. The maximum atomic E-state index is 6.55. The van der Waals surface area contributed by atoms with Crippen molar-refractivity contribution in [2.45, 2.75) is 76.7 Å². The van der Waals surface area contributed by atoms with Crippen LogP contribution in [0.5, 0.6) is 0 Å². The summed E-state index contributed by atoms with van der Waals surface area (Å²) in [4.78, 5) is 4.63. The van der Waals surface area contributed by atoms with Crippen LogP contribution in [-0.4, -0.2) is 45.9 Å². The predicted molar refractivity (Wildman–Crippen MR) is 147 cm³/mol. The Hall–Kier alpha value is -2.59. The first kappa shape index (κ1) is 25.1. The minimum Gasteiger partial charge on any atom is -0.399 e. The summed E-state index contributed by atoms with van der Waals surface area (Å²) in [6.07, 6.45) is 7.64. The lowest BCUT2D eigenvalue weighted by Crippen LogP contribution is -2.41. The molecule has 5 rings (SSSR count). The average Bonchev–Trinajstić information content (AvgIpc) is 3.35. The topological polar surface area (TPSA) is 112 Å². The minimum atomic E-state index is -0.491. The highest BCUT2D eigenvalue weighted by atomic mass is 35.5. The van der Waals surface area contributed by atoms with Crippen molar-refractivity contribution >= 4 is 46.9 Å². The van der Waals surface area contributed by atoms with Gasteiger partial charge in [0, 0.05) is 23.7 Å². The number of aliphatic imine (C=N–C) groups is 1. The molecule has 3 aromatic rings. The van der Waals surface area contributed by atoms with Gasteiger partial charge in [-0.05, 0) is 71.6 Å². The molecule has 1 saturated heterocycles. The Morgan fingerprint density at radius 1 is 1.14 bits per heavy atom. The van der Waals surface area contributed by atoms with Gasteiger partial charge in [0.05, 0.1) is 44.9 Å². The lowest BCUT2D eigenvalue weighted by Gasteiger charge is -2.32. The second-order valence-corrected chi connectivity index (χ2v) is 11.2. The highest BCUT2D eigenvalue weighted by Crippen LogP contribution is 2.37. The fourth-order valence-corrected chi connectivity index (χ4v) is 4.91. The number of fused-ring (bicyclic) bond motifs is 1. The van der Waals surface area contributed by atoms with Gasteiger partial charge in [0.2, 0.25) is 0 Å². The summed E-state index contributed by atoms with van der Waals surface area (Å²) in [5.74, 6) is 0.339. The van der Waals surface area contributed by atoms with Crippen molar-refractivity contribution in [1.29, 1.82) is 0 Å². The van der Waals surface area contributed by atoms with Crippen LogP contribution in [-0.2, 0) is 9.31 Å². The Labute approximate surface area is 217 Å². The van der Waals surface area contributed by atoms with Gasteiger partial charge in [0.15, 0.2) is 0 Å². The number of hydrogen-bond acceptors (Lipinski definition) is 6. The number of rotatable bonds is 5. The number of nitrogens with one attached hydrogen (secondary N) is 1. The molecule has 36 heavy (non-hydrogen) atoms. The summed E-state index contributed by atoms with van der Waals surface area (Å²) in [5.41, 5.74) is 15.8. The number of para-hydroxylation sites is 1. The van der Waals surface area contributed by atoms with Crippen LogP contribution in [0.25, 0.3) is 5.52 Å². The number of amidine groups is 1. The molecule has 190 valence electrons. The van der Waals surface area contributed by atoms with E-state index in [1.165, 1.54) is 0 Å². The molecule has 0 unspecified atom stereocenters. The smallest absolute Gasteiger partial charge is 0.399 e. The molecule has 1 aromatic carbocycles. The van der Waals surface area contributed by atoms with Crippen molar-refractivity contribution in [2.75, 3.05) is 5.32 Å². The van der Waals surface area contributed by atoms with E-state index in [1.54, 1.807) is 12.3 Å². The van der Waals surface area contributed by atoms with Crippen molar-refractivity contribution in [3.8, 4) is 0 Å². The number of halogens is 1. The highest BCUT2D eigenvalue weighted by Gasteiger charge is 2.52. The van der Waals surface area contributed by atoms with Crippen LogP contribution < -0.4 is 22.2 Å². The molecular weight excluding hydrogens is 475 g/mol. The van der Waals surface area contributed by atoms with Gasteiger partial charge in [-0.1, -0.05) is 23.7 Å². The zero-order valence-corrected chi connectivity index (χ0v) is 22.0. The van der Waals surface area contributed by atoms with E-state index in [9.17, 15) is 0 Å². The van der Waals surface area contributed by atoms with Crippen LogP contribution in [0.4, 0.5) is 11.4 Å². The van der Waals surface area contributed by atoms with Crippen LogP contribution in [0.2, 0.25) is 5.02 Å². The van der Waals surface area contributed by atoms with Crippen LogP contribution in [0.1, 0.15) is 58.9 Å². The van der Waals surface area contributed by atoms with Crippen molar-refractivity contribution in [2.24, 2.45) is 16.5 Å². The first-order valence-corrected chi connectivity index (χ1v) is 12.9. The molecule has 2 aliphatic rings. The Bertz CT molecular complexity index is 1280. The molecule has 0 amide bonds. The molecule has 2 aromatic heterocycles. The number of aromatic nitrogens is 2. The first-order chi connectivity index (χ1) is 17.0. The summed E-state index contributed by atoms with van der Waals surface area (Å²) in [5, 5.41) is 8.93. The second-order valence-electron chi connectivity index (χ2n) is 10.8. The highest BCUT2D eigenvalue weighted by molar-refractivity contribution is 6.62. The second kappa shape index (κ2) is 9.37. The quantitative estimate of drug-likeness (QED) is 0.273. The molecule has 2 fully saturated rings. The van der Waals surface area contributed by atoms with E-state index in [0.29, 0.717) is 16.5 Å². The number of anilines is 1. The minimum absolute atomic E-state index is 0.259. The van der Waals surface area contributed by atoms with Gasteiger partial charge in [-0.3, -0.25) is 0 Å². The van der Waals surface area contributed by atoms with Crippen molar-refractivity contribution in [3.05, 3.63) is 53.3 Å². The lowest BCUT2D eigenvalue weighted by molar-refractivity contribution is 0.00578. The van der Waals surface area contributed by atoms with Crippen molar-refractivity contribution in [3.63, 3.8) is 0 Å². The molecule has 0 radical (unpaired) electrons. The molecule has 8 nitrogen and oxygen atoms in total. The van der Waals surface area contributed by atoms with E-state index in [0.717, 1.165) is 47.9 Å². The summed E-state index contributed by atoms with van der Waals surface area (Å²) in [6, 6.07) is 9.97. The average molecular weight is 509 g/mol. The molecule has 0 bridgehead atoms. The lowest BCUT2D eigenvalue weighted by atomic mass is 9.81. The molecule has 0 spiro atoms. The molecule has 1 saturated carbocycles. The Morgan fingerprint density at radius 2 is 1.81 bits per heavy atom. The number of benzene rings is 1. The van der Waals surface area contributed by atoms with Gasteiger partial charge in [0.25, 0.3) is 0 Å². The maximum Gasteiger partial charge on any atom is 0.496 e. The largest absolute Gasteiger partial charge is 0.496 e. The van der Waals surface area contributed by atoms with E-state index in [1.807, 2.05) is 56.6 Å². The fourth-order valence-electron chi connectivity index (χ4n) is 4.73. The summed E-state index contributed by atoms with van der Waals surface area (Å²) < 4.78 is 14.4. The molecule has 10 heteroatoms. The number of hydrogen-bond donors (Lipinski definition) is 3. The molecule has 0 atom stereocenters. The van der Waals surface area contributed by atoms with E-state index in [4.69, 9.17) is 32.4 Å². The molecule has 1 aliphatic heterocycles. The van der Waals surface area contributed by atoms with Gasteiger partial charge < -0.3 is 26.1 Å². The van der Waals surface area contributed by atoms with Crippen LogP contribution in [0.3, 0.4) is 0 Å². The van der Waals surface area contributed by atoms with E-state index in [2.05, 4.69) is 21.5 Å². The molecular formula is C26H34BClN6O2. The number of nitrogens with zero attached hydrogens (tertiary/aromatic N) is 3. The third kappa shape index (κ3) is 4.73. The van der Waals surface area contributed by atoms with E-state index in [-0.39, 0.29) is 12.1 Å². The summed E-state index contributed by atoms with van der Waals surface area (Å²) in [7, 11) is -0.491. The van der Waals surface area contributed by atoms with Gasteiger partial charge in [-0.25, -0.2) is 9.51 Å². The molecule has 5 N–H and O–H groups in total. The van der Waals surface area contributed by atoms with Gasteiger partial charge >= 0.3 is 7.12 Å². The normalized spacial score (nSPS) is 23.8. The first-order valence-electron chi connectivity index (χ1n) is 12.5. The van der Waals surface area contributed by atoms with Crippen molar-refractivity contribution in [1.82, 2.24) is 9.61 Å². The Morgan fingerprint density at radius 3 is 2.47 bits per heavy atom. The van der Waals surface area contributed by atoms with Crippen LogP contribution in [0.15, 0.2) is 47.7 Å². The third-order valence-electron chi connectivity index (χ3n) is 7.67. The SMILES string of the molecule is CC1(C)OB(c2cc3c(N[C@H]4CC[C@H](N)CC4)c(/C(N)=N/c4ccccc4Cl)cnn3c2)OC1(C)C. The van der Waals surface area contributed by atoms with Gasteiger partial charge in [0.1, 0.15) is 5.84 Å². The predicted octanol–water partition coefficient (Wildman–Crippen LogP) is 4.01. The standard InChI is InChI=1S/C26H34BClN6O2/c1-25(2)26(3,4)36-27(35-25)16-13-22-23(32-18-11-9-17(29)10-12-18)19(14-31-34(22)15-16)24(30)33-21-8-6-5-7-20(21)28/h5-8,13-15,17-18,32H,9-12,29H2,1-4H3,(H2,30,33)/t17-,18-. The van der Waals surface area contributed by atoms with E-state index >= 15 is 0 Å².